The number of carbonyl (C=O) groups is 1. The van der Waals surface area contributed by atoms with Crippen molar-refractivity contribution in [1.29, 1.82) is 0 Å². The molecule has 0 spiro atoms. The van der Waals surface area contributed by atoms with E-state index in [0.29, 0.717) is 17.9 Å². The van der Waals surface area contributed by atoms with Gasteiger partial charge in [0, 0.05) is 16.3 Å². The Morgan fingerprint density at radius 3 is 2.09 bits per heavy atom. The Labute approximate surface area is 347 Å². The molecule has 0 aliphatic heterocycles. The second-order valence-corrected chi connectivity index (χ2v) is 18.0. The van der Waals surface area contributed by atoms with Gasteiger partial charge in [0.2, 0.25) is 0 Å². The van der Waals surface area contributed by atoms with E-state index in [1.807, 2.05) is 13.0 Å². The summed E-state index contributed by atoms with van der Waals surface area (Å²) in [5.41, 5.74) is 1.38. The SMILES string of the molecule is CCC(Oc1ccc(C(C)(C)CC)cc1C(C)(C)CC)C(=O)Nc1ccc(Cl)c(Nc2[nH]n(-c3c(Cl)cc(Cl)cc3Cl)c(=O)c2NS(=O)(=O)c2ccccc2)c1. The van der Waals surface area contributed by atoms with E-state index >= 15 is 0 Å². The first-order chi connectivity index (χ1) is 26.3. The van der Waals surface area contributed by atoms with Gasteiger partial charge in [-0.3, -0.25) is 19.4 Å². The fourth-order valence-corrected chi connectivity index (χ4v) is 8.07. The second-order valence-electron chi connectivity index (χ2n) is 14.6. The predicted octanol–water partition coefficient (Wildman–Crippen LogP) is 11.5. The minimum atomic E-state index is -4.26. The molecule has 56 heavy (non-hydrogen) atoms. The molecule has 15 heteroatoms. The number of amides is 1. The summed E-state index contributed by atoms with van der Waals surface area (Å²) in [6.45, 7) is 14.9. The molecular formula is C41H45Cl4N5O5S. The Kier molecular flexibility index (Phi) is 13.2. The van der Waals surface area contributed by atoms with Gasteiger partial charge < -0.3 is 15.4 Å². The quantitative estimate of drug-likeness (QED) is 0.0828. The van der Waals surface area contributed by atoms with Gasteiger partial charge in [-0.25, -0.2) is 13.1 Å². The molecule has 1 aromatic heterocycles. The lowest BCUT2D eigenvalue weighted by Gasteiger charge is -2.31. The van der Waals surface area contributed by atoms with E-state index in [-0.39, 0.29) is 64.6 Å². The number of rotatable bonds is 15. The number of hydrogen-bond acceptors (Lipinski definition) is 6. The van der Waals surface area contributed by atoms with Crippen LogP contribution >= 0.6 is 46.4 Å². The lowest BCUT2D eigenvalue weighted by atomic mass is 9.76. The third-order valence-corrected chi connectivity index (χ3v) is 12.6. The van der Waals surface area contributed by atoms with Gasteiger partial charge in [0.25, 0.3) is 21.5 Å². The molecule has 4 N–H and O–H groups in total. The summed E-state index contributed by atoms with van der Waals surface area (Å²) in [5.74, 6) is 0.159. The molecule has 1 unspecified atom stereocenters. The van der Waals surface area contributed by atoms with Gasteiger partial charge >= 0.3 is 0 Å². The molecule has 4 aromatic carbocycles. The van der Waals surface area contributed by atoms with Crippen molar-refractivity contribution in [3.63, 3.8) is 0 Å². The zero-order chi connectivity index (χ0) is 41.2. The lowest BCUT2D eigenvalue weighted by molar-refractivity contribution is -0.122. The Morgan fingerprint density at radius 1 is 0.839 bits per heavy atom. The van der Waals surface area contributed by atoms with Crippen LogP contribution in [0.3, 0.4) is 0 Å². The van der Waals surface area contributed by atoms with Crippen LogP contribution in [-0.4, -0.2) is 30.2 Å². The first-order valence-corrected chi connectivity index (χ1v) is 21.1. The highest BCUT2D eigenvalue weighted by atomic mass is 35.5. The third-order valence-electron chi connectivity index (χ3n) is 10.1. The molecule has 0 aliphatic carbocycles. The number of nitrogens with zero attached hydrogens (tertiary/aromatic N) is 1. The third kappa shape index (κ3) is 9.35. The molecule has 0 saturated heterocycles. The summed E-state index contributed by atoms with van der Waals surface area (Å²) >= 11 is 25.7. The largest absolute Gasteiger partial charge is 0.480 e. The topological polar surface area (TPSA) is 134 Å². The van der Waals surface area contributed by atoms with Crippen LogP contribution in [0.25, 0.3) is 5.69 Å². The van der Waals surface area contributed by atoms with Crippen LogP contribution in [0.2, 0.25) is 20.1 Å². The molecule has 10 nitrogen and oxygen atoms in total. The summed E-state index contributed by atoms with van der Waals surface area (Å²) in [5, 5.41) is 9.27. The molecular weight excluding hydrogens is 816 g/mol. The molecule has 1 amide bonds. The molecule has 5 aromatic rings. The molecule has 298 valence electrons. The van der Waals surface area contributed by atoms with E-state index in [9.17, 15) is 18.0 Å². The Bertz CT molecular complexity index is 2390. The fraction of sp³-hybridized carbons (Fsp3) is 0.317. The Hall–Kier alpha value is -4.13. The van der Waals surface area contributed by atoms with E-state index < -0.39 is 21.7 Å². The van der Waals surface area contributed by atoms with E-state index in [0.717, 1.165) is 23.1 Å². The van der Waals surface area contributed by atoms with Gasteiger partial charge in [0.15, 0.2) is 17.6 Å². The van der Waals surface area contributed by atoms with Gasteiger partial charge in [-0.05, 0) is 84.2 Å². The van der Waals surface area contributed by atoms with Gasteiger partial charge in [-0.2, -0.15) is 0 Å². The number of anilines is 4. The van der Waals surface area contributed by atoms with Crippen molar-refractivity contribution in [3.8, 4) is 11.4 Å². The van der Waals surface area contributed by atoms with Crippen LogP contribution in [0, 0.1) is 0 Å². The van der Waals surface area contributed by atoms with Gasteiger partial charge in [-0.1, -0.05) is 125 Å². The number of ether oxygens (including phenoxy) is 1. The molecule has 0 bridgehead atoms. The Morgan fingerprint density at radius 2 is 1.48 bits per heavy atom. The van der Waals surface area contributed by atoms with E-state index in [1.54, 1.807) is 36.4 Å². The van der Waals surface area contributed by atoms with E-state index in [4.69, 9.17) is 51.1 Å². The maximum absolute atomic E-state index is 13.9. The van der Waals surface area contributed by atoms with Crippen molar-refractivity contribution in [1.82, 2.24) is 9.78 Å². The number of benzene rings is 4. The molecule has 1 atom stereocenters. The average molecular weight is 862 g/mol. The van der Waals surface area contributed by atoms with Crippen molar-refractivity contribution in [2.75, 3.05) is 15.4 Å². The number of aromatic nitrogens is 2. The minimum Gasteiger partial charge on any atom is -0.480 e. The van der Waals surface area contributed by atoms with Crippen molar-refractivity contribution in [3.05, 3.63) is 120 Å². The minimum absolute atomic E-state index is 0.0245. The van der Waals surface area contributed by atoms with Gasteiger partial charge in [0.05, 0.1) is 25.7 Å². The highest BCUT2D eigenvalue weighted by molar-refractivity contribution is 7.92. The first-order valence-electron chi connectivity index (χ1n) is 18.1. The summed E-state index contributed by atoms with van der Waals surface area (Å²) in [6.07, 6.45) is 1.38. The van der Waals surface area contributed by atoms with Crippen molar-refractivity contribution in [2.45, 2.75) is 89.6 Å². The molecule has 5 rings (SSSR count). The van der Waals surface area contributed by atoms with Crippen molar-refractivity contribution >= 4 is 85.2 Å². The summed E-state index contributed by atoms with van der Waals surface area (Å²) < 4.78 is 36.7. The number of sulfonamides is 1. The summed E-state index contributed by atoms with van der Waals surface area (Å²) in [6, 6.07) is 21.3. The second kappa shape index (κ2) is 17.2. The number of nitrogens with one attached hydrogen (secondary N) is 4. The van der Waals surface area contributed by atoms with Crippen LogP contribution < -0.4 is 25.7 Å². The van der Waals surface area contributed by atoms with Crippen LogP contribution in [0.1, 0.15) is 78.9 Å². The summed E-state index contributed by atoms with van der Waals surface area (Å²) in [4.78, 5) is 27.6. The molecule has 0 fully saturated rings. The number of aromatic amines is 1. The smallest absolute Gasteiger partial charge is 0.297 e. The highest BCUT2D eigenvalue weighted by Gasteiger charge is 2.30. The highest BCUT2D eigenvalue weighted by Crippen LogP contribution is 2.40. The predicted molar refractivity (Wildman–Crippen MR) is 230 cm³/mol. The van der Waals surface area contributed by atoms with Crippen molar-refractivity contribution < 1.29 is 17.9 Å². The molecule has 0 saturated carbocycles. The summed E-state index contributed by atoms with van der Waals surface area (Å²) in [7, 11) is -4.26. The van der Waals surface area contributed by atoms with Crippen LogP contribution in [-0.2, 0) is 25.6 Å². The Balaban J connectivity index is 1.48. The van der Waals surface area contributed by atoms with Crippen LogP contribution in [0.5, 0.6) is 5.75 Å². The first kappa shape index (κ1) is 43.0. The van der Waals surface area contributed by atoms with Crippen molar-refractivity contribution in [2.24, 2.45) is 0 Å². The molecule has 0 aliphatic rings. The number of halogens is 4. The lowest BCUT2D eigenvalue weighted by Crippen LogP contribution is -2.33. The molecule has 0 radical (unpaired) electrons. The zero-order valence-corrected chi connectivity index (χ0v) is 36.0. The number of hydrogen-bond donors (Lipinski definition) is 4. The van der Waals surface area contributed by atoms with E-state index in [1.165, 1.54) is 29.8 Å². The van der Waals surface area contributed by atoms with E-state index in [2.05, 4.69) is 74.1 Å². The monoisotopic (exact) mass is 859 g/mol. The maximum atomic E-state index is 13.9. The molecule has 1 heterocycles. The number of H-pyrrole nitrogens is 1. The maximum Gasteiger partial charge on any atom is 0.297 e. The van der Waals surface area contributed by atoms with Crippen LogP contribution in [0.15, 0.2) is 88.6 Å². The van der Waals surface area contributed by atoms with Crippen LogP contribution in [0.4, 0.5) is 22.9 Å². The standard InChI is InChI=1S/C41H45Cl4N5O5S/c1-8-33(55-34-19-16-24(40(4,5)9-2)20-28(34)41(6,7)10-3)38(51)46-26-17-18-29(43)32(23-26)47-37-35(49-56(53,54)27-14-12-11-13-15-27)39(52)50(48-37)36-30(44)21-25(42)22-31(36)45/h11-23,33,47-49H,8-10H2,1-7H3,(H,46,51). The average Bonchev–Trinajstić information content (AvgIpc) is 3.44. The van der Waals surface area contributed by atoms with Gasteiger partial charge in [-0.15, -0.1) is 0 Å². The van der Waals surface area contributed by atoms with Gasteiger partial charge in [0.1, 0.15) is 11.4 Å². The number of carbonyl (C=O) groups excluding carboxylic acids is 1. The fourth-order valence-electron chi connectivity index (χ4n) is 5.83. The normalized spacial score (nSPS) is 12.6. The zero-order valence-electron chi connectivity index (χ0n) is 32.1.